The summed E-state index contributed by atoms with van der Waals surface area (Å²) in [7, 11) is 0. The molecule has 0 aliphatic rings. The van der Waals surface area contributed by atoms with E-state index in [0.717, 1.165) is 12.8 Å². The molecule has 0 aliphatic carbocycles. The molecule has 0 aromatic heterocycles. The molecule has 0 aromatic rings. The van der Waals surface area contributed by atoms with Crippen molar-refractivity contribution in [3.63, 3.8) is 0 Å². The van der Waals surface area contributed by atoms with Crippen molar-refractivity contribution in [2.24, 2.45) is 0 Å². The number of carbonyl (C=O) groups excluding carboxylic acids is 1. The zero-order valence-electron chi connectivity index (χ0n) is 9.18. The Labute approximate surface area is 81.5 Å². The number of carbonyl (C=O) groups is 1. The first-order valence-corrected chi connectivity index (χ1v) is 4.89. The van der Waals surface area contributed by atoms with Crippen LogP contribution in [0.5, 0.6) is 0 Å². The average Bonchev–Trinajstić information content (AvgIpc) is 2.03. The summed E-state index contributed by atoms with van der Waals surface area (Å²) in [6.07, 6.45) is 6.62. The fourth-order valence-electron chi connectivity index (χ4n) is 1.04. The van der Waals surface area contributed by atoms with Gasteiger partial charge in [-0.05, 0) is 39.7 Å². The van der Waals surface area contributed by atoms with Gasteiger partial charge in [0.2, 0.25) is 0 Å². The highest BCUT2D eigenvalue weighted by atomic mass is 16.1. The van der Waals surface area contributed by atoms with E-state index in [4.69, 9.17) is 0 Å². The SMILES string of the molecule is CCC(=O)C=C(C)CCC=C(C)C. The average molecular weight is 180 g/mol. The van der Waals surface area contributed by atoms with Crippen LogP contribution in [0.1, 0.15) is 47.0 Å². The van der Waals surface area contributed by atoms with Crippen LogP contribution < -0.4 is 0 Å². The summed E-state index contributed by atoms with van der Waals surface area (Å²) in [5.74, 6) is 0.231. The van der Waals surface area contributed by atoms with Crippen molar-refractivity contribution in [3.05, 3.63) is 23.3 Å². The quantitative estimate of drug-likeness (QED) is 0.466. The maximum atomic E-state index is 11.0. The van der Waals surface area contributed by atoms with Crippen LogP contribution in [0.3, 0.4) is 0 Å². The Morgan fingerprint density at radius 3 is 2.31 bits per heavy atom. The molecule has 0 fully saturated rings. The monoisotopic (exact) mass is 180 g/mol. The second-order valence-electron chi connectivity index (χ2n) is 3.63. The van der Waals surface area contributed by atoms with Gasteiger partial charge in [0.1, 0.15) is 0 Å². The van der Waals surface area contributed by atoms with Gasteiger partial charge in [0.25, 0.3) is 0 Å². The summed E-state index contributed by atoms with van der Waals surface area (Å²) in [6, 6.07) is 0. The van der Waals surface area contributed by atoms with Crippen molar-refractivity contribution in [2.45, 2.75) is 47.0 Å². The van der Waals surface area contributed by atoms with E-state index in [1.165, 1.54) is 11.1 Å². The summed E-state index contributed by atoms with van der Waals surface area (Å²) < 4.78 is 0. The van der Waals surface area contributed by atoms with E-state index < -0.39 is 0 Å². The molecule has 0 atom stereocenters. The Hall–Kier alpha value is -0.850. The highest BCUT2D eigenvalue weighted by Gasteiger charge is 1.94. The van der Waals surface area contributed by atoms with E-state index in [9.17, 15) is 4.79 Å². The second-order valence-corrected chi connectivity index (χ2v) is 3.63. The Balaban J connectivity index is 3.87. The first-order chi connectivity index (χ1) is 6.06. The van der Waals surface area contributed by atoms with E-state index in [1.54, 1.807) is 6.08 Å². The fourth-order valence-corrected chi connectivity index (χ4v) is 1.04. The number of rotatable bonds is 5. The highest BCUT2D eigenvalue weighted by Crippen LogP contribution is 2.06. The molecule has 0 bridgehead atoms. The number of allylic oxidation sites excluding steroid dienone is 4. The van der Waals surface area contributed by atoms with Crippen molar-refractivity contribution < 1.29 is 4.79 Å². The van der Waals surface area contributed by atoms with Crippen molar-refractivity contribution in [2.75, 3.05) is 0 Å². The van der Waals surface area contributed by atoms with Crippen molar-refractivity contribution in [1.29, 1.82) is 0 Å². The molecule has 0 heterocycles. The minimum Gasteiger partial charge on any atom is -0.295 e. The summed E-state index contributed by atoms with van der Waals surface area (Å²) in [6.45, 7) is 8.10. The zero-order valence-corrected chi connectivity index (χ0v) is 9.18. The molecule has 0 amide bonds. The summed E-state index contributed by atoms with van der Waals surface area (Å²) in [5.41, 5.74) is 2.53. The summed E-state index contributed by atoms with van der Waals surface area (Å²) in [5, 5.41) is 0. The van der Waals surface area contributed by atoms with E-state index >= 15 is 0 Å². The molecule has 0 aromatic carbocycles. The van der Waals surface area contributed by atoms with Gasteiger partial charge < -0.3 is 0 Å². The Morgan fingerprint density at radius 1 is 1.23 bits per heavy atom. The van der Waals surface area contributed by atoms with E-state index in [-0.39, 0.29) is 5.78 Å². The lowest BCUT2D eigenvalue weighted by Gasteiger charge is -1.97. The van der Waals surface area contributed by atoms with Gasteiger partial charge >= 0.3 is 0 Å². The topological polar surface area (TPSA) is 17.1 Å². The van der Waals surface area contributed by atoms with Crippen LogP contribution >= 0.6 is 0 Å². The maximum absolute atomic E-state index is 11.0. The molecule has 74 valence electrons. The molecule has 0 rings (SSSR count). The molecule has 0 N–H and O–H groups in total. The predicted octanol–water partition coefficient (Wildman–Crippen LogP) is 3.66. The third kappa shape index (κ3) is 7.51. The van der Waals surface area contributed by atoms with Crippen LogP contribution in [0, 0.1) is 0 Å². The molecule has 1 nitrogen and oxygen atoms in total. The van der Waals surface area contributed by atoms with E-state index in [1.807, 2.05) is 13.8 Å². The number of hydrogen-bond donors (Lipinski definition) is 0. The molecular weight excluding hydrogens is 160 g/mol. The fraction of sp³-hybridized carbons (Fsp3) is 0.583. The normalized spacial score (nSPS) is 11.2. The van der Waals surface area contributed by atoms with E-state index in [0.29, 0.717) is 6.42 Å². The molecule has 0 saturated heterocycles. The molecule has 0 spiro atoms. The van der Waals surface area contributed by atoms with Gasteiger partial charge in [0, 0.05) is 6.42 Å². The van der Waals surface area contributed by atoms with Gasteiger partial charge in [-0.3, -0.25) is 4.79 Å². The lowest BCUT2D eigenvalue weighted by Crippen LogP contribution is -1.90. The minimum atomic E-state index is 0.231. The zero-order chi connectivity index (χ0) is 10.3. The van der Waals surface area contributed by atoms with Crippen molar-refractivity contribution in [3.8, 4) is 0 Å². The van der Waals surface area contributed by atoms with E-state index in [2.05, 4.69) is 19.9 Å². The van der Waals surface area contributed by atoms with Crippen molar-refractivity contribution >= 4 is 5.78 Å². The largest absolute Gasteiger partial charge is 0.295 e. The van der Waals surface area contributed by atoms with Gasteiger partial charge in [-0.1, -0.05) is 24.1 Å². The molecule has 0 saturated carbocycles. The summed E-state index contributed by atoms with van der Waals surface area (Å²) in [4.78, 5) is 11.0. The summed E-state index contributed by atoms with van der Waals surface area (Å²) >= 11 is 0. The molecular formula is C12H20O. The maximum Gasteiger partial charge on any atom is 0.155 e. The van der Waals surface area contributed by atoms with Crippen LogP contribution in [0.15, 0.2) is 23.3 Å². The molecule has 0 radical (unpaired) electrons. The second kappa shape index (κ2) is 6.64. The lowest BCUT2D eigenvalue weighted by molar-refractivity contribution is -0.114. The minimum absolute atomic E-state index is 0.231. The van der Waals surface area contributed by atoms with Gasteiger partial charge in [-0.25, -0.2) is 0 Å². The van der Waals surface area contributed by atoms with Crippen LogP contribution in [-0.4, -0.2) is 5.78 Å². The Morgan fingerprint density at radius 2 is 1.85 bits per heavy atom. The third-order valence-corrected chi connectivity index (χ3v) is 1.85. The third-order valence-electron chi connectivity index (χ3n) is 1.85. The van der Waals surface area contributed by atoms with Crippen LogP contribution in [0.2, 0.25) is 0 Å². The van der Waals surface area contributed by atoms with Gasteiger partial charge in [-0.2, -0.15) is 0 Å². The number of hydrogen-bond acceptors (Lipinski definition) is 1. The molecule has 13 heavy (non-hydrogen) atoms. The van der Waals surface area contributed by atoms with Crippen LogP contribution in [0.25, 0.3) is 0 Å². The van der Waals surface area contributed by atoms with Gasteiger partial charge in [0.15, 0.2) is 5.78 Å². The molecule has 0 aliphatic heterocycles. The van der Waals surface area contributed by atoms with Gasteiger partial charge in [-0.15, -0.1) is 0 Å². The first-order valence-electron chi connectivity index (χ1n) is 4.89. The highest BCUT2D eigenvalue weighted by molar-refractivity contribution is 5.89. The standard InChI is InChI=1S/C12H20O/c1-5-12(13)9-11(4)8-6-7-10(2)3/h7,9H,5-6,8H2,1-4H3. The van der Waals surface area contributed by atoms with Gasteiger partial charge in [0.05, 0.1) is 0 Å². The molecule has 1 heteroatoms. The van der Waals surface area contributed by atoms with Crippen LogP contribution in [-0.2, 0) is 4.79 Å². The first kappa shape index (κ1) is 12.2. The van der Waals surface area contributed by atoms with Crippen molar-refractivity contribution in [1.82, 2.24) is 0 Å². The smallest absolute Gasteiger partial charge is 0.155 e. The Bertz CT molecular complexity index is 217. The lowest BCUT2D eigenvalue weighted by atomic mass is 10.1. The number of ketones is 1. The molecule has 0 unspecified atom stereocenters. The Kier molecular flexibility index (Phi) is 6.21. The predicted molar refractivity (Wildman–Crippen MR) is 57.7 cm³/mol. The van der Waals surface area contributed by atoms with Crippen LogP contribution in [0.4, 0.5) is 0 Å².